The highest BCUT2D eigenvalue weighted by molar-refractivity contribution is 5.86. The summed E-state index contributed by atoms with van der Waals surface area (Å²) in [4.78, 5) is 45.1. The van der Waals surface area contributed by atoms with Crippen LogP contribution >= 0.6 is 0 Å². The Bertz CT molecular complexity index is 2570. The van der Waals surface area contributed by atoms with Crippen molar-refractivity contribution >= 4 is 11.9 Å². The van der Waals surface area contributed by atoms with Gasteiger partial charge in [0.15, 0.2) is 6.29 Å². The Morgan fingerprint density at radius 1 is 0.880 bits per heavy atom. The summed E-state index contributed by atoms with van der Waals surface area (Å²) in [6.45, 7) is 17.5. The number of amides is 1. The van der Waals surface area contributed by atoms with Crippen LogP contribution in [0.5, 0.6) is 0 Å². The van der Waals surface area contributed by atoms with E-state index in [0.29, 0.717) is 96.1 Å². The zero-order valence-corrected chi connectivity index (χ0v) is 50.4. The van der Waals surface area contributed by atoms with Gasteiger partial charge in [-0.15, -0.1) is 0 Å². The Labute approximate surface area is 490 Å². The summed E-state index contributed by atoms with van der Waals surface area (Å²) < 4.78 is 12.8. The SMILES string of the molecule is CC(C)CCNCCNCC(CC(c1cnc[nH]1)C1NC(=O)C2(CCCC2)C1CC1C(O)C(OC2OCC(O)C(O)C2O)C(C)(CO)C2CCC3(C)C(CC=C4C5CC(C)(CO)CCC5(C(=O)O)CC(Cc5cnc[nH]5)C43C)C12C)C(N)O. The maximum atomic E-state index is 15.3. The second kappa shape index (κ2) is 24.0. The molecule has 5 saturated carbocycles. The van der Waals surface area contributed by atoms with Gasteiger partial charge in [-0.3, -0.25) is 9.59 Å². The van der Waals surface area contributed by atoms with Gasteiger partial charge in [0.25, 0.3) is 0 Å². The number of H-pyrrole nitrogens is 2. The van der Waals surface area contributed by atoms with E-state index in [4.69, 9.17) is 15.2 Å². The summed E-state index contributed by atoms with van der Waals surface area (Å²) in [7, 11) is 0. The van der Waals surface area contributed by atoms with E-state index in [0.717, 1.165) is 49.3 Å². The number of aliphatic carboxylic acids is 1. The summed E-state index contributed by atoms with van der Waals surface area (Å²) in [6.07, 6.45) is 8.77. The molecule has 2 aromatic heterocycles. The molecular weight excluding hydrogens is 1060 g/mol. The van der Waals surface area contributed by atoms with E-state index < -0.39 is 117 Å². The third-order valence-corrected chi connectivity index (χ3v) is 24.9. The second-order valence-electron chi connectivity index (χ2n) is 29.4. The number of rotatable bonds is 22. The number of carboxylic acids is 1. The fourth-order valence-corrected chi connectivity index (χ4v) is 19.9. The van der Waals surface area contributed by atoms with Crippen molar-refractivity contribution < 1.29 is 59.9 Å². The molecule has 83 heavy (non-hydrogen) atoms. The number of carbonyl (C=O) groups is 2. The van der Waals surface area contributed by atoms with E-state index in [1.54, 1.807) is 18.9 Å². The third-order valence-electron chi connectivity index (χ3n) is 24.9. The number of nitrogens with zero attached hydrogens (tertiary/aromatic N) is 2. The van der Waals surface area contributed by atoms with Crippen molar-refractivity contribution in [2.45, 2.75) is 200 Å². The van der Waals surface area contributed by atoms with Crippen LogP contribution in [0.2, 0.25) is 0 Å². The molecule has 2 saturated heterocycles. The highest BCUT2D eigenvalue weighted by Crippen LogP contribution is 2.79. The van der Waals surface area contributed by atoms with Gasteiger partial charge in [0.2, 0.25) is 5.91 Å². The Morgan fingerprint density at radius 3 is 2.25 bits per heavy atom. The monoisotopic (exact) mass is 1160 g/mol. The fourth-order valence-electron chi connectivity index (χ4n) is 19.9. The number of nitrogens with two attached hydrogens (primary N) is 1. The Balaban J connectivity index is 1.10. The lowest BCUT2D eigenvalue weighted by Gasteiger charge is -2.74. The molecule has 0 radical (unpaired) electrons. The van der Waals surface area contributed by atoms with Gasteiger partial charge in [0, 0.05) is 73.3 Å². The summed E-state index contributed by atoms with van der Waals surface area (Å²) in [5, 5.41) is 104. The molecule has 22 atom stereocenters. The Hall–Kier alpha value is -3.38. The molecule has 1 spiro atoms. The smallest absolute Gasteiger partial charge is 0.310 e. The number of allylic oxidation sites excluding steroid dienone is 2. The predicted octanol–water partition coefficient (Wildman–Crippen LogP) is 4.11. The summed E-state index contributed by atoms with van der Waals surface area (Å²) in [5.74, 6) is -3.07. The molecule has 2 aliphatic heterocycles. The van der Waals surface area contributed by atoms with E-state index in [1.165, 1.54) is 0 Å². The zero-order chi connectivity index (χ0) is 59.7. The van der Waals surface area contributed by atoms with Crippen molar-refractivity contribution in [2.24, 2.45) is 91.0 Å². The molecule has 20 nitrogen and oxygen atoms in total. The molecule has 1 amide bonds. The van der Waals surface area contributed by atoms with Crippen LogP contribution in [-0.2, 0) is 25.5 Å². The van der Waals surface area contributed by atoms with E-state index in [1.807, 2.05) is 13.1 Å². The molecule has 6 aliphatic carbocycles. The standard InChI is InChI=1S/C63H102N8O12/c1-35(2)13-19-65-20-21-66-27-36(53(64)78)22-39(44-29-68-34-70-44)48-41(62(55(79)71-48)14-8-9-15-62)24-42-49(75)52(83-54-51(77)50(76)45(74)30-82-54)58(4,32-73)46-12-16-59(5)47(60(42,46)6)11-10-40-43-26-57(3,31-72)17-18-63(43,56(80)81)25-37(61(40,59)7)23-38-28-67-33-69-38/h10,28-29,33-37,39,41-43,45-54,65-66,72-78H,8-9,11-27,30-32,64H2,1-7H3,(H,67,69)(H,68,70)(H,71,79)(H,80,81). The largest absolute Gasteiger partial charge is 0.481 e. The maximum Gasteiger partial charge on any atom is 0.310 e. The minimum Gasteiger partial charge on any atom is -0.481 e. The molecule has 4 heterocycles. The summed E-state index contributed by atoms with van der Waals surface area (Å²) in [6, 6.07) is -0.501. The number of aromatic nitrogens is 4. The van der Waals surface area contributed by atoms with Gasteiger partial charge in [0.05, 0.1) is 48.9 Å². The zero-order valence-electron chi connectivity index (χ0n) is 50.4. The number of carbonyl (C=O) groups excluding carboxylic acids is 1. The quantitative estimate of drug-likeness (QED) is 0.0341. The summed E-state index contributed by atoms with van der Waals surface area (Å²) >= 11 is 0. The number of imidazole rings is 2. The Kier molecular flexibility index (Phi) is 18.1. The Morgan fingerprint density at radius 2 is 1.60 bits per heavy atom. The number of nitrogens with one attached hydrogen (secondary N) is 5. The van der Waals surface area contributed by atoms with Crippen LogP contribution in [0, 0.1) is 85.2 Å². The predicted molar refractivity (Wildman–Crippen MR) is 309 cm³/mol. The van der Waals surface area contributed by atoms with E-state index >= 15 is 4.79 Å². The van der Waals surface area contributed by atoms with Gasteiger partial charge in [-0.25, -0.2) is 9.97 Å². The first-order chi connectivity index (χ1) is 39.4. The van der Waals surface area contributed by atoms with Crippen molar-refractivity contribution in [2.75, 3.05) is 46.0 Å². The van der Waals surface area contributed by atoms with Crippen molar-refractivity contribution in [1.29, 1.82) is 0 Å². The minimum atomic E-state index is -1.67. The number of hydrogen-bond donors (Lipinski definition) is 14. The normalized spacial score (nSPS) is 43.2. The molecule has 8 aliphatic rings. The van der Waals surface area contributed by atoms with Gasteiger partial charge in [0.1, 0.15) is 24.5 Å². The van der Waals surface area contributed by atoms with E-state index in [-0.39, 0.29) is 48.7 Å². The van der Waals surface area contributed by atoms with Gasteiger partial charge in [-0.05, 0) is 153 Å². The number of aromatic amines is 2. The van der Waals surface area contributed by atoms with Gasteiger partial charge in [-0.2, -0.15) is 0 Å². The number of carboxylic acid groups (broad SMARTS) is 1. The van der Waals surface area contributed by atoms with Crippen LogP contribution in [0.1, 0.15) is 156 Å². The van der Waals surface area contributed by atoms with E-state index in [2.05, 4.69) is 83.5 Å². The number of aliphatic hydroxyl groups is 7. The van der Waals surface area contributed by atoms with Gasteiger partial charge < -0.3 is 82.0 Å². The number of ether oxygens (including phenoxy) is 2. The van der Waals surface area contributed by atoms with Crippen molar-refractivity contribution in [3.8, 4) is 0 Å². The number of fused-ring (bicyclic) bond motifs is 7. The van der Waals surface area contributed by atoms with Crippen molar-refractivity contribution in [1.82, 2.24) is 35.9 Å². The van der Waals surface area contributed by atoms with Crippen LogP contribution in [0.25, 0.3) is 0 Å². The minimum absolute atomic E-state index is 0.0319. The first-order valence-electron chi connectivity index (χ1n) is 31.7. The molecule has 466 valence electrons. The molecule has 7 fully saturated rings. The summed E-state index contributed by atoms with van der Waals surface area (Å²) in [5.41, 5.74) is 3.90. The average molecular weight is 1160 g/mol. The molecular formula is C63H102N8O12. The van der Waals surface area contributed by atoms with Crippen LogP contribution in [0.3, 0.4) is 0 Å². The van der Waals surface area contributed by atoms with Crippen molar-refractivity contribution in [3.63, 3.8) is 0 Å². The lowest BCUT2D eigenvalue weighted by Crippen LogP contribution is -2.73. The van der Waals surface area contributed by atoms with Crippen LogP contribution in [0.15, 0.2) is 36.7 Å². The topological polar surface area (TPSA) is 334 Å². The first kappa shape index (κ1) is 62.7. The third kappa shape index (κ3) is 10.5. The van der Waals surface area contributed by atoms with Gasteiger partial charge in [-0.1, -0.05) is 73.0 Å². The lowest BCUT2D eigenvalue weighted by atomic mass is 9.30. The first-order valence-corrected chi connectivity index (χ1v) is 31.7. The van der Waals surface area contributed by atoms with Crippen LogP contribution < -0.4 is 21.7 Å². The molecule has 10 rings (SSSR count). The van der Waals surface area contributed by atoms with Crippen LogP contribution in [0.4, 0.5) is 0 Å². The number of aliphatic hydroxyl groups excluding tert-OH is 7. The van der Waals surface area contributed by atoms with Crippen LogP contribution in [-0.4, -0.2) is 168 Å². The molecule has 2 aromatic rings. The molecule has 0 aromatic carbocycles. The van der Waals surface area contributed by atoms with Crippen molar-refractivity contribution in [3.05, 3.63) is 48.1 Å². The lowest BCUT2D eigenvalue weighted by molar-refractivity contribution is -0.341. The maximum absolute atomic E-state index is 15.3. The highest BCUT2D eigenvalue weighted by atomic mass is 16.7. The molecule has 22 unspecified atom stereocenters. The fraction of sp³-hybridized carbons (Fsp3) is 0.841. The highest BCUT2D eigenvalue weighted by Gasteiger charge is 2.75. The molecule has 15 N–H and O–H groups in total. The molecule has 0 bridgehead atoms. The average Bonchev–Trinajstić information content (AvgIpc) is 2.47. The van der Waals surface area contributed by atoms with Gasteiger partial charge >= 0.3 is 5.97 Å². The number of hydrogen-bond acceptors (Lipinski definition) is 16. The molecule has 20 heteroatoms. The van der Waals surface area contributed by atoms with E-state index in [9.17, 15) is 45.6 Å². The second-order valence-corrected chi connectivity index (χ2v) is 29.4.